The average molecular weight is 491 g/mol. The molecule has 2 atom stereocenters. The number of hydrazone groups is 1. The summed E-state index contributed by atoms with van der Waals surface area (Å²) in [6.45, 7) is 4.40. The van der Waals surface area contributed by atoms with E-state index in [2.05, 4.69) is 5.10 Å². The Morgan fingerprint density at radius 2 is 1.75 bits per heavy atom. The maximum absolute atomic E-state index is 13.9. The average Bonchev–Trinajstić information content (AvgIpc) is 3.12. The van der Waals surface area contributed by atoms with E-state index in [1.807, 2.05) is 60.7 Å². The summed E-state index contributed by atoms with van der Waals surface area (Å²) in [5.41, 5.74) is 6.19. The van der Waals surface area contributed by atoms with Crippen molar-refractivity contribution in [1.29, 1.82) is 0 Å². The van der Waals surface area contributed by atoms with Crippen LogP contribution >= 0.6 is 0 Å². The summed E-state index contributed by atoms with van der Waals surface area (Å²) in [6, 6.07) is 19.3. The molecule has 190 valence electrons. The summed E-state index contributed by atoms with van der Waals surface area (Å²) in [5, 5.41) is 5.96. The lowest BCUT2D eigenvalue weighted by Gasteiger charge is -2.42. The van der Waals surface area contributed by atoms with E-state index in [0.717, 1.165) is 11.1 Å². The number of carbonyl (C=O) groups excluding carboxylic acids is 3. The second kappa shape index (κ2) is 10.2. The quantitative estimate of drug-likeness (QED) is 0.614. The first-order valence-corrected chi connectivity index (χ1v) is 12.3. The first-order valence-electron chi connectivity index (χ1n) is 12.3. The van der Waals surface area contributed by atoms with Crippen molar-refractivity contribution in [3.8, 4) is 0 Å². The van der Waals surface area contributed by atoms with E-state index in [9.17, 15) is 14.4 Å². The Morgan fingerprint density at radius 1 is 1.11 bits per heavy atom. The zero-order valence-corrected chi connectivity index (χ0v) is 21.1. The van der Waals surface area contributed by atoms with E-state index < -0.39 is 22.7 Å². The lowest BCUT2D eigenvalue weighted by Crippen LogP contribution is -2.57. The molecule has 2 heterocycles. The molecule has 0 bridgehead atoms. The summed E-state index contributed by atoms with van der Waals surface area (Å²) in [5.74, 6) is -1.72. The second-order valence-corrected chi connectivity index (χ2v) is 10.2. The number of carbonyl (C=O) groups is 3. The molecule has 8 nitrogen and oxygen atoms in total. The van der Waals surface area contributed by atoms with E-state index in [1.165, 1.54) is 5.01 Å². The summed E-state index contributed by atoms with van der Waals surface area (Å²) in [7, 11) is 1.65. The van der Waals surface area contributed by atoms with Crippen LogP contribution in [0.4, 0.5) is 0 Å². The molecule has 1 unspecified atom stereocenters. The molecule has 1 fully saturated rings. The Hall–Kier alpha value is -3.52. The largest absolute Gasteiger partial charge is 0.376 e. The third-order valence-electron chi connectivity index (χ3n) is 7.46. The van der Waals surface area contributed by atoms with E-state index in [-0.39, 0.29) is 25.0 Å². The van der Waals surface area contributed by atoms with Crippen molar-refractivity contribution in [3.63, 3.8) is 0 Å². The molecule has 8 heteroatoms. The molecule has 1 saturated heterocycles. The number of nitrogens with zero attached hydrogens (tertiary/aromatic N) is 3. The van der Waals surface area contributed by atoms with Crippen LogP contribution in [0.2, 0.25) is 0 Å². The van der Waals surface area contributed by atoms with Crippen molar-refractivity contribution >= 4 is 23.4 Å². The van der Waals surface area contributed by atoms with Gasteiger partial charge >= 0.3 is 0 Å². The van der Waals surface area contributed by atoms with Gasteiger partial charge in [-0.2, -0.15) is 5.10 Å². The molecule has 2 aliphatic heterocycles. The molecule has 2 aromatic carbocycles. The maximum Gasteiger partial charge on any atom is 0.256 e. The van der Waals surface area contributed by atoms with Gasteiger partial charge in [0.15, 0.2) is 0 Å². The van der Waals surface area contributed by atoms with Crippen LogP contribution in [0.15, 0.2) is 65.8 Å². The van der Waals surface area contributed by atoms with Gasteiger partial charge in [0.25, 0.3) is 5.91 Å². The van der Waals surface area contributed by atoms with Crippen LogP contribution in [-0.4, -0.2) is 60.1 Å². The summed E-state index contributed by atoms with van der Waals surface area (Å²) in [6.07, 6.45) is 1.24. The van der Waals surface area contributed by atoms with Crippen LogP contribution in [0.3, 0.4) is 0 Å². The van der Waals surface area contributed by atoms with Gasteiger partial charge in [-0.25, -0.2) is 5.01 Å². The Bertz CT molecular complexity index is 1150. The van der Waals surface area contributed by atoms with Gasteiger partial charge in [-0.1, -0.05) is 74.5 Å². The highest BCUT2D eigenvalue weighted by molar-refractivity contribution is 6.20. The molecule has 0 saturated carbocycles. The lowest BCUT2D eigenvalue weighted by atomic mass is 9.72. The molecular weight excluding hydrogens is 456 g/mol. The Kier molecular flexibility index (Phi) is 7.26. The van der Waals surface area contributed by atoms with E-state index in [4.69, 9.17) is 10.5 Å². The van der Waals surface area contributed by atoms with Crippen LogP contribution in [0, 0.1) is 16.7 Å². The van der Waals surface area contributed by atoms with Gasteiger partial charge in [0.1, 0.15) is 5.41 Å². The predicted molar refractivity (Wildman–Crippen MR) is 137 cm³/mol. The number of nitrogens with two attached hydrogens (primary N) is 1. The topological polar surface area (TPSA) is 105 Å². The molecule has 2 aliphatic rings. The van der Waals surface area contributed by atoms with Crippen LogP contribution < -0.4 is 5.73 Å². The van der Waals surface area contributed by atoms with Gasteiger partial charge in [-0.15, -0.1) is 0 Å². The standard InChI is InChI=1S/C28H34N4O4/c1-27(2,25(29)34)22(18-36-17-20-11-6-4-7-12-20)24(33)32-16-10-15-28(19-32)23(30-31(3)26(28)35)21-13-8-5-9-14-21/h4-9,11-14,22H,10,15-19H2,1-3H3,(H2,29,34)/t22-,28?/m1/s1. The number of likely N-dealkylation sites (tertiary alicyclic amines) is 1. The molecule has 4 rings (SSSR count). The molecular formula is C28H34N4O4. The van der Waals surface area contributed by atoms with Crippen molar-refractivity contribution in [2.45, 2.75) is 33.3 Å². The monoisotopic (exact) mass is 490 g/mol. The summed E-state index contributed by atoms with van der Waals surface area (Å²) < 4.78 is 5.92. The number of amides is 3. The predicted octanol–water partition coefficient (Wildman–Crippen LogP) is 2.82. The zero-order valence-electron chi connectivity index (χ0n) is 21.1. The fourth-order valence-electron chi connectivity index (χ4n) is 5.09. The Labute approximate surface area is 212 Å². The minimum absolute atomic E-state index is 0.0423. The first-order chi connectivity index (χ1) is 17.2. The first kappa shape index (κ1) is 25.6. The molecule has 3 amide bonds. The molecule has 2 aromatic rings. The number of ether oxygens (including phenoxy) is 1. The number of benzene rings is 2. The number of hydrogen-bond donors (Lipinski definition) is 1. The van der Waals surface area contributed by atoms with Crippen LogP contribution in [0.5, 0.6) is 0 Å². The smallest absolute Gasteiger partial charge is 0.256 e. The lowest BCUT2D eigenvalue weighted by molar-refractivity contribution is -0.152. The number of piperidine rings is 1. The van der Waals surface area contributed by atoms with E-state index in [1.54, 1.807) is 25.8 Å². The van der Waals surface area contributed by atoms with Gasteiger partial charge in [0, 0.05) is 20.1 Å². The SMILES string of the molecule is CN1N=C(c2ccccc2)C2(CCCN(C(=O)[C@@H](COCc3ccccc3)C(C)(C)C(N)=O)C2)C1=O. The van der Waals surface area contributed by atoms with Crippen molar-refractivity contribution in [1.82, 2.24) is 9.91 Å². The summed E-state index contributed by atoms with van der Waals surface area (Å²) >= 11 is 0. The zero-order chi connectivity index (χ0) is 25.9. The van der Waals surface area contributed by atoms with Crippen molar-refractivity contribution < 1.29 is 19.1 Å². The van der Waals surface area contributed by atoms with E-state index >= 15 is 0 Å². The van der Waals surface area contributed by atoms with E-state index in [0.29, 0.717) is 31.7 Å². The van der Waals surface area contributed by atoms with Crippen LogP contribution in [0.25, 0.3) is 0 Å². The highest BCUT2D eigenvalue weighted by Gasteiger charge is 2.54. The highest BCUT2D eigenvalue weighted by atomic mass is 16.5. The normalized spacial score (nSPS) is 21.0. The molecule has 1 spiro atoms. The van der Waals surface area contributed by atoms with Gasteiger partial charge in [0.05, 0.1) is 30.3 Å². The highest BCUT2D eigenvalue weighted by Crippen LogP contribution is 2.41. The molecule has 36 heavy (non-hydrogen) atoms. The molecule has 0 aromatic heterocycles. The minimum atomic E-state index is -1.13. The molecule has 0 radical (unpaired) electrons. The van der Waals surface area contributed by atoms with Gasteiger partial charge in [0.2, 0.25) is 11.8 Å². The fraction of sp³-hybridized carbons (Fsp3) is 0.429. The molecule has 2 N–H and O–H groups in total. The Balaban J connectivity index is 1.58. The Morgan fingerprint density at radius 3 is 2.39 bits per heavy atom. The number of primary amides is 1. The minimum Gasteiger partial charge on any atom is -0.376 e. The fourth-order valence-corrected chi connectivity index (χ4v) is 5.09. The number of rotatable bonds is 8. The second-order valence-electron chi connectivity index (χ2n) is 10.2. The van der Waals surface area contributed by atoms with Crippen molar-refractivity contribution in [2.24, 2.45) is 27.6 Å². The van der Waals surface area contributed by atoms with Crippen molar-refractivity contribution in [2.75, 3.05) is 26.7 Å². The summed E-state index contributed by atoms with van der Waals surface area (Å²) in [4.78, 5) is 41.4. The van der Waals surface area contributed by atoms with Gasteiger partial charge in [-0.05, 0) is 24.0 Å². The van der Waals surface area contributed by atoms with Gasteiger partial charge < -0.3 is 15.4 Å². The van der Waals surface area contributed by atoms with Crippen LogP contribution in [-0.2, 0) is 25.7 Å². The third kappa shape index (κ3) is 4.78. The number of hydrogen-bond acceptors (Lipinski definition) is 5. The molecule has 0 aliphatic carbocycles. The maximum atomic E-state index is 13.9. The van der Waals surface area contributed by atoms with Gasteiger partial charge in [-0.3, -0.25) is 14.4 Å². The van der Waals surface area contributed by atoms with Crippen molar-refractivity contribution in [3.05, 3.63) is 71.8 Å². The third-order valence-corrected chi connectivity index (χ3v) is 7.46. The van der Waals surface area contributed by atoms with Crippen LogP contribution in [0.1, 0.15) is 37.8 Å².